The number of hydrogen-bond acceptors (Lipinski definition) is 3. The summed E-state index contributed by atoms with van der Waals surface area (Å²) in [5.74, 6) is 0.732. The molecule has 0 aromatic carbocycles. The molecule has 0 bridgehead atoms. The van der Waals surface area contributed by atoms with Gasteiger partial charge in [0.05, 0.1) is 0 Å². The van der Waals surface area contributed by atoms with Crippen molar-refractivity contribution in [2.45, 2.75) is 39.7 Å². The Bertz CT molecular complexity index is 392. The number of pyridine rings is 1. The summed E-state index contributed by atoms with van der Waals surface area (Å²) in [6.45, 7) is 6.99. The van der Waals surface area contributed by atoms with Gasteiger partial charge in [0, 0.05) is 19.6 Å². The third kappa shape index (κ3) is 3.72. The number of aromatic nitrogens is 1. The minimum atomic E-state index is -0.0179. The molecule has 1 aromatic rings. The van der Waals surface area contributed by atoms with E-state index in [1.54, 1.807) is 11.0 Å². The molecule has 1 atom stereocenters. The first-order valence-corrected chi connectivity index (χ1v) is 6.58. The molecule has 0 spiro atoms. The van der Waals surface area contributed by atoms with Crippen molar-refractivity contribution in [1.82, 2.24) is 9.88 Å². The first kappa shape index (κ1) is 14.5. The van der Waals surface area contributed by atoms with E-state index in [-0.39, 0.29) is 11.9 Å². The average Bonchev–Trinajstić information content (AvgIpc) is 2.38. The largest absolute Gasteiger partial charge is 0.370 e. The van der Waals surface area contributed by atoms with Crippen LogP contribution in [0.3, 0.4) is 0 Å². The lowest BCUT2D eigenvalue weighted by atomic mass is 10.1. The lowest BCUT2D eigenvalue weighted by molar-refractivity contribution is 0.0731. The van der Waals surface area contributed by atoms with Crippen molar-refractivity contribution in [2.75, 3.05) is 18.9 Å². The highest BCUT2D eigenvalue weighted by atomic mass is 16.2. The van der Waals surface area contributed by atoms with Gasteiger partial charge in [-0.25, -0.2) is 4.98 Å². The highest BCUT2D eigenvalue weighted by molar-refractivity contribution is 5.92. The van der Waals surface area contributed by atoms with E-state index in [0.29, 0.717) is 5.69 Å². The summed E-state index contributed by atoms with van der Waals surface area (Å²) in [5, 5.41) is 3.11. The zero-order chi connectivity index (χ0) is 13.5. The SMILES string of the molecule is CCCC(C)N(C)C(=O)c1cccc(NCC)n1. The van der Waals surface area contributed by atoms with Crippen LogP contribution in [-0.4, -0.2) is 35.4 Å². The van der Waals surface area contributed by atoms with Crippen LogP contribution in [0.1, 0.15) is 44.1 Å². The van der Waals surface area contributed by atoms with Gasteiger partial charge in [0.1, 0.15) is 11.5 Å². The van der Waals surface area contributed by atoms with E-state index in [1.807, 2.05) is 26.1 Å². The molecular formula is C14H23N3O. The Kier molecular flexibility index (Phi) is 5.62. The molecule has 1 unspecified atom stereocenters. The minimum Gasteiger partial charge on any atom is -0.370 e. The number of carbonyl (C=O) groups is 1. The third-order valence-corrected chi connectivity index (χ3v) is 3.01. The van der Waals surface area contributed by atoms with E-state index in [0.717, 1.165) is 25.2 Å². The summed E-state index contributed by atoms with van der Waals surface area (Å²) in [5.41, 5.74) is 0.499. The molecule has 1 heterocycles. The predicted molar refractivity (Wildman–Crippen MR) is 74.9 cm³/mol. The van der Waals surface area contributed by atoms with E-state index >= 15 is 0 Å². The fourth-order valence-corrected chi connectivity index (χ4v) is 1.83. The second-order valence-electron chi connectivity index (χ2n) is 4.49. The van der Waals surface area contributed by atoms with Gasteiger partial charge in [-0.05, 0) is 32.4 Å². The summed E-state index contributed by atoms with van der Waals surface area (Å²) < 4.78 is 0. The number of anilines is 1. The van der Waals surface area contributed by atoms with Gasteiger partial charge in [-0.15, -0.1) is 0 Å². The van der Waals surface area contributed by atoms with Crippen LogP contribution in [0, 0.1) is 0 Å². The van der Waals surface area contributed by atoms with Gasteiger partial charge in [-0.1, -0.05) is 19.4 Å². The molecule has 18 heavy (non-hydrogen) atoms. The van der Waals surface area contributed by atoms with Crippen LogP contribution in [0.25, 0.3) is 0 Å². The van der Waals surface area contributed by atoms with Crippen LogP contribution in [0.4, 0.5) is 5.82 Å². The first-order chi connectivity index (χ1) is 8.60. The maximum Gasteiger partial charge on any atom is 0.272 e. The smallest absolute Gasteiger partial charge is 0.272 e. The Labute approximate surface area is 109 Å². The van der Waals surface area contributed by atoms with E-state index in [2.05, 4.69) is 24.1 Å². The summed E-state index contributed by atoms with van der Waals surface area (Å²) >= 11 is 0. The summed E-state index contributed by atoms with van der Waals surface area (Å²) in [4.78, 5) is 18.3. The summed E-state index contributed by atoms with van der Waals surface area (Å²) in [6, 6.07) is 5.73. The number of nitrogens with one attached hydrogen (secondary N) is 1. The second kappa shape index (κ2) is 6.99. The maximum atomic E-state index is 12.3. The van der Waals surface area contributed by atoms with Gasteiger partial charge < -0.3 is 10.2 Å². The molecule has 4 heteroatoms. The lowest BCUT2D eigenvalue weighted by Crippen LogP contribution is -2.35. The van der Waals surface area contributed by atoms with Crippen LogP contribution in [0.5, 0.6) is 0 Å². The monoisotopic (exact) mass is 249 g/mol. The van der Waals surface area contributed by atoms with Crippen molar-refractivity contribution in [2.24, 2.45) is 0 Å². The quantitative estimate of drug-likeness (QED) is 0.843. The highest BCUT2D eigenvalue weighted by Crippen LogP contribution is 2.11. The average molecular weight is 249 g/mol. The molecule has 0 aliphatic heterocycles. The van der Waals surface area contributed by atoms with Crippen molar-refractivity contribution in [3.8, 4) is 0 Å². The minimum absolute atomic E-state index is 0.0179. The molecule has 0 saturated heterocycles. The molecule has 0 saturated carbocycles. The standard InChI is InChI=1S/C14H23N3O/c1-5-8-11(3)17(4)14(18)12-9-7-10-13(16-12)15-6-2/h7,9-11H,5-6,8H2,1-4H3,(H,15,16). The molecule has 1 aromatic heterocycles. The molecule has 1 rings (SSSR count). The molecule has 0 fully saturated rings. The van der Waals surface area contributed by atoms with Crippen LogP contribution >= 0.6 is 0 Å². The second-order valence-corrected chi connectivity index (χ2v) is 4.49. The Hall–Kier alpha value is -1.58. The molecule has 0 radical (unpaired) electrons. The number of nitrogens with zero attached hydrogens (tertiary/aromatic N) is 2. The molecule has 1 amide bonds. The van der Waals surface area contributed by atoms with E-state index in [4.69, 9.17) is 0 Å². The fraction of sp³-hybridized carbons (Fsp3) is 0.571. The van der Waals surface area contributed by atoms with Crippen LogP contribution < -0.4 is 5.32 Å². The Morgan fingerprint density at radius 3 is 2.78 bits per heavy atom. The van der Waals surface area contributed by atoms with Gasteiger partial charge >= 0.3 is 0 Å². The van der Waals surface area contributed by atoms with Crippen LogP contribution in [-0.2, 0) is 0 Å². The normalized spacial score (nSPS) is 12.0. The van der Waals surface area contributed by atoms with Crippen LogP contribution in [0.2, 0.25) is 0 Å². The van der Waals surface area contributed by atoms with Gasteiger partial charge in [-0.3, -0.25) is 4.79 Å². The number of rotatable bonds is 6. The Balaban J connectivity index is 2.79. The molecule has 1 N–H and O–H groups in total. The van der Waals surface area contributed by atoms with Gasteiger partial charge in [0.15, 0.2) is 0 Å². The topological polar surface area (TPSA) is 45.2 Å². The summed E-state index contributed by atoms with van der Waals surface area (Å²) in [7, 11) is 1.84. The fourth-order valence-electron chi connectivity index (χ4n) is 1.83. The molecule has 4 nitrogen and oxygen atoms in total. The van der Waals surface area contributed by atoms with E-state index in [1.165, 1.54) is 0 Å². The number of carbonyl (C=O) groups excluding carboxylic acids is 1. The Morgan fingerprint density at radius 2 is 2.17 bits per heavy atom. The first-order valence-electron chi connectivity index (χ1n) is 6.58. The van der Waals surface area contributed by atoms with E-state index < -0.39 is 0 Å². The van der Waals surface area contributed by atoms with Gasteiger partial charge in [0.2, 0.25) is 0 Å². The van der Waals surface area contributed by atoms with Crippen molar-refractivity contribution in [3.63, 3.8) is 0 Å². The molecule has 0 aliphatic rings. The summed E-state index contributed by atoms with van der Waals surface area (Å²) in [6.07, 6.45) is 2.08. The van der Waals surface area contributed by atoms with Crippen molar-refractivity contribution in [3.05, 3.63) is 23.9 Å². The zero-order valence-electron chi connectivity index (χ0n) is 11.7. The molecular weight excluding hydrogens is 226 g/mol. The molecule has 0 aliphatic carbocycles. The number of amides is 1. The van der Waals surface area contributed by atoms with Gasteiger partial charge in [0.25, 0.3) is 5.91 Å². The van der Waals surface area contributed by atoms with Crippen LogP contribution in [0.15, 0.2) is 18.2 Å². The van der Waals surface area contributed by atoms with Crippen molar-refractivity contribution < 1.29 is 4.79 Å². The maximum absolute atomic E-state index is 12.3. The van der Waals surface area contributed by atoms with Crippen molar-refractivity contribution in [1.29, 1.82) is 0 Å². The third-order valence-electron chi connectivity index (χ3n) is 3.01. The van der Waals surface area contributed by atoms with Crippen molar-refractivity contribution >= 4 is 11.7 Å². The predicted octanol–water partition coefficient (Wildman–Crippen LogP) is 2.77. The molecule has 100 valence electrons. The zero-order valence-corrected chi connectivity index (χ0v) is 11.7. The van der Waals surface area contributed by atoms with E-state index in [9.17, 15) is 4.79 Å². The highest BCUT2D eigenvalue weighted by Gasteiger charge is 2.18. The Morgan fingerprint density at radius 1 is 1.44 bits per heavy atom. The van der Waals surface area contributed by atoms with Gasteiger partial charge in [-0.2, -0.15) is 0 Å². The number of hydrogen-bond donors (Lipinski definition) is 1. The lowest BCUT2D eigenvalue weighted by Gasteiger charge is -2.24.